The zero-order valence-corrected chi connectivity index (χ0v) is 9.93. The highest BCUT2D eigenvalue weighted by molar-refractivity contribution is 4.92. The standard InChI is InChI=1S/C12H25N/c1-10(2)7-6-8-12(5)13-9-11(3)4/h7,11-13H,6,8-9H2,1-5H3/p+1/t12-/m0/s1. The van der Waals surface area contributed by atoms with Gasteiger partial charge in [-0.1, -0.05) is 25.5 Å². The summed E-state index contributed by atoms with van der Waals surface area (Å²) in [4.78, 5) is 0. The first-order chi connectivity index (χ1) is 6.02. The highest BCUT2D eigenvalue weighted by Crippen LogP contribution is 1.98. The molecule has 0 aromatic carbocycles. The highest BCUT2D eigenvalue weighted by atomic mass is 14.9. The molecule has 0 aromatic rings. The molecule has 0 spiro atoms. The van der Waals surface area contributed by atoms with Crippen LogP contribution in [0.4, 0.5) is 0 Å². The van der Waals surface area contributed by atoms with E-state index >= 15 is 0 Å². The number of allylic oxidation sites excluding steroid dienone is 2. The van der Waals surface area contributed by atoms with Crippen molar-refractivity contribution in [1.29, 1.82) is 0 Å². The molecule has 0 fully saturated rings. The van der Waals surface area contributed by atoms with Crippen molar-refractivity contribution in [3.63, 3.8) is 0 Å². The molecule has 0 saturated heterocycles. The molecule has 2 N–H and O–H groups in total. The van der Waals surface area contributed by atoms with Crippen molar-refractivity contribution in [2.24, 2.45) is 5.92 Å². The predicted octanol–water partition coefficient (Wildman–Crippen LogP) is 2.34. The largest absolute Gasteiger partial charge is 0.344 e. The zero-order chi connectivity index (χ0) is 10.3. The van der Waals surface area contributed by atoms with E-state index in [1.807, 2.05) is 0 Å². The number of hydrogen-bond acceptors (Lipinski definition) is 0. The second-order valence-electron chi connectivity index (χ2n) is 4.70. The van der Waals surface area contributed by atoms with E-state index < -0.39 is 0 Å². The summed E-state index contributed by atoms with van der Waals surface area (Å²) in [5.41, 5.74) is 1.44. The Morgan fingerprint density at radius 3 is 2.31 bits per heavy atom. The molecule has 0 amide bonds. The molecule has 0 saturated carbocycles. The molecule has 13 heavy (non-hydrogen) atoms. The van der Waals surface area contributed by atoms with Crippen LogP contribution < -0.4 is 5.32 Å². The van der Waals surface area contributed by atoms with Crippen LogP contribution in [-0.2, 0) is 0 Å². The minimum absolute atomic E-state index is 0.776. The van der Waals surface area contributed by atoms with Gasteiger partial charge in [-0.2, -0.15) is 0 Å². The normalized spacial score (nSPS) is 13.1. The van der Waals surface area contributed by atoms with Crippen molar-refractivity contribution in [3.8, 4) is 0 Å². The maximum absolute atomic E-state index is 2.46. The van der Waals surface area contributed by atoms with Gasteiger partial charge in [-0.3, -0.25) is 0 Å². The minimum atomic E-state index is 0.776. The lowest BCUT2D eigenvalue weighted by Gasteiger charge is -2.11. The Morgan fingerprint density at radius 1 is 1.23 bits per heavy atom. The van der Waals surface area contributed by atoms with Crippen LogP contribution in [0, 0.1) is 5.92 Å². The average Bonchev–Trinajstić information content (AvgIpc) is 2.00. The summed E-state index contributed by atoms with van der Waals surface area (Å²) in [6.45, 7) is 12.5. The predicted molar refractivity (Wildman–Crippen MR) is 59.8 cm³/mol. The molecule has 0 heterocycles. The van der Waals surface area contributed by atoms with Crippen molar-refractivity contribution >= 4 is 0 Å². The fraction of sp³-hybridized carbons (Fsp3) is 0.833. The Hall–Kier alpha value is -0.300. The molecule has 78 valence electrons. The molecule has 0 bridgehead atoms. The first kappa shape index (κ1) is 12.7. The summed E-state index contributed by atoms with van der Waals surface area (Å²) in [5, 5.41) is 2.46. The lowest BCUT2D eigenvalue weighted by Crippen LogP contribution is -2.90. The summed E-state index contributed by atoms with van der Waals surface area (Å²) in [6.07, 6.45) is 4.87. The Kier molecular flexibility index (Phi) is 6.97. The third-order valence-electron chi connectivity index (χ3n) is 2.18. The van der Waals surface area contributed by atoms with Crippen molar-refractivity contribution in [3.05, 3.63) is 11.6 Å². The van der Waals surface area contributed by atoms with E-state index in [0.717, 1.165) is 12.0 Å². The monoisotopic (exact) mass is 184 g/mol. The fourth-order valence-corrected chi connectivity index (χ4v) is 1.26. The maximum Gasteiger partial charge on any atom is 0.0833 e. The lowest BCUT2D eigenvalue weighted by atomic mass is 10.1. The van der Waals surface area contributed by atoms with E-state index in [4.69, 9.17) is 0 Å². The summed E-state index contributed by atoms with van der Waals surface area (Å²) in [6, 6.07) is 0.776. The second kappa shape index (κ2) is 7.14. The van der Waals surface area contributed by atoms with Gasteiger partial charge in [-0.25, -0.2) is 0 Å². The summed E-state index contributed by atoms with van der Waals surface area (Å²) in [7, 11) is 0. The van der Waals surface area contributed by atoms with E-state index in [0.29, 0.717) is 0 Å². The number of quaternary nitrogens is 1. The van der Waals surface area contributed by atoms with Gasteiger partial charge in [-0.15, -0.1) is 0 Å². The second-order valence-corrected chi connectivity index (χ2v) is 4.70. The SMILES string of the molecule is CC(C)=CCC[C@H](C)[NH2+]CC(C)C. The van der Waals surface area contributed by atoms with Gasteiger partial charge in [0.2, 0.25) is 0 Å². The Bertz CT molecular complexity index is 143. The fourth-order valence-electron chi connectivity index (χ4n) is 1.26. The number of hydrogen-bond donors (Lipinski definition) is 1. The Labute approximate surface area is 83.6 Å². The third-order valence-corrected chi connectivity index (χ3v) is 2.18. The number of nitrogens with two attached hydrogens (primary N) is 1. The van der Waals surface area contributed by atoms with Crippen LogP contribution in [0.3, 0.4) is 0 Å². The molecule has 1 nitrogen and oxygen atoms in total. The van der Waals surface area contributed by atoms with Crippen molar-refractivity contribution < 1.29 is 5.32 Å². The van der Waals surface area contributed by atoms with Gasteiger partial charge in [-0.05, 0) is 27.2 Å². The molecule has 1 atom stereocenters. The minimum Gasteiger partial charge on any atom is -0.344 e. The van der Waals surface area contributed by atoms with E-state index in [1.165, 1.54) is 25.0 Å². The summed E-state index contributed by atoms with van der Waals surface area (Å²) in [5.74, 6) is 0.811. The van der Waals surface area contributed by atoms with Crippen LogP contribution in [0.25, 0.3) is 0 Å². The van der Waals surface area contributed by atoms with Crippen LogP contribution in [-0.4, -0.2) is 12.6 Å². The molecule has 0 aliphatic carbocycles. The first-order valence-electron chi connectivity index (χ1n) is 5.49. The smallest absolute Gasteiger partial charge is 0.0833 e. The Balaban J connectivity index is 3.40. The Morgan fingerprint density at radius 2 is 1.85 bits per heavy atom. The molecule has 0 radical (unpaired) electrons. The number of rotatable bonds is 6. The van der Waals surface area contributed by atoms with Crippen molar-refractivity contribution in [1.82, 2.24) is 0 Å². The molecule has 0 aliphatic heterocycles. The van der Waals surface area contributed by atoms with Crippen LogP contribution >= 0.6 is 0 Å². The van der Waals surface area contributed by atoms with Gasteiger partial charge in [0, 0.05) is 12.3 Å². The zero-order valence-electron chi connectivity index (χ0n) is 9.93. The van der Waals surface area contributed by atoms with Crippen molar-refractivity contribution in [2.45, 2.75) is 53.5 Å². The third kappa shape index (κ3) is 9.62. The molecule has 0 aromatic heterocycles. The molecule has 0 aliphatic rings. The van der Waals surface area contributed by atoms with Gasteiger partial charge >= 0.3 is 0 Å². The molecule has 1 heteroatoms. The van der Waals surface area contributed by atoms with Gasteiger partial charge in [0.05, 0.1) is 12.6 Å². The molecular formula is C12H26N+. The van der Waals surface area contributed by atoms with E-state index in [1.54, 1.807) is 0 Å². The van der Waals surface area contributed by atoms with Crippen LogP contribution in [0.1, 0.15) is 47.5 Å². The summed E-state index contributed by atoms with van der Waals surface area (Å²) < 4.78 is 0. The van der Waals surface area contributed by atoms with E-state index in [9.17, 15) is 0 Å². The van der Waals surface area contributed by atoms with Gasteiger partial charge in [0.1, 0.15) is 0 Å². The lowest BCUT2D eigenvalue weighted by molar-refractivity contribution is -0.690. The van der Waals surface area contributed by atoms with E-state index in [-0.39, 0.29) is 0 Å². The topological polar surface area (TPSA) is 16.6 Å². The van der Waals surface area contributed by atoms with E-state index in [2.05, 4.69) is 46.0 Å². The first-order valence-corrected chi connectivity index (χ1v) is 5.49. The van der Waals surface area contributed by atoms with Gasteiger partial charge in [0.25, 0.3) is 0 Å². The molecular weight excluding hydrogens is 158 g/mol. The van der Waals surface area contributed by atoms with Crippen LogP contribution in [0.5, 0.6) is 0 Å². The average molecular weight is 184 g/mol. The molecule has 0 unspecified atom stereocenters. The maximum atomic E-state index is 2.46. The van der Waals surface area contributed by atoms with Crippen LogP contribution in [0.2, 0.25) is 0 Å². The van der Waals surface area contributed by atoms with Crippen molar-refractivity contribution in [2.75, 3.05) is 6.54 Å². The van der Waals surface area contributed by atoms with Crippen LogP contribution in [0.15, 0.2) is 11.6 Å². The van der Waals surface area contributed by atoms with Gasteiger partial charge in [0.15, 0.2) is 0 Å². The van der Waals surface area contributed by atoms with Gasteiger partial charge < -0.3 is 5.32 Å². The quantitative estimate of drug-likeness (QED) is 0.610. The summed E-state index contributed by atoms with van der Waals surface area (Å²) >= 11 is 0. The molecule has 0 rings (SSSR count). The highest BCUT2D eigenvalue weighted by Gasteiger charge is 2.04.